The largest absolute Gasteiger partial charge is 0.494 e. The van der Waals surface area contributed by atoms with E-state index < -0.39 is 6.04 Å². The van der Waals surface area contributed by atoms with Crippen molar-refractivity contribution < 1.29 is 14.3 Å². The van der Waals surface area contributed by atoms with Gasteiger partial charge in [-0.1, -0.05) is 23.7 Å². The third-order valence-corrected chi connectivity index (χ3v) is 6.11. The number of benzene rings is 2. The first-order valence-electron chi connectivity index (χ1n) is 11.0. The third kappa shape index (κ3) is 4.00. The summed E-state index contributed by atoms with van der Waals surface area (Å²) in [6.45, 7) is 2.50. The fourth-order valence-corrected chi connectivity index (χ4v) is 4.61. The van der Waals surface area contributed by atoms with Crippen molar-refractivity contribution in [1.82, 2.24) is 9.78 Å². The van der Waals surface area contributed by atoms with Crippen LogP contribution in [-0.4, -0.2) is 28.1 Å². The molecule has 0 radical (unpaired) electrons. The Bertz CT molecular complexity index is 1260. The number of ketones is 1. The van der Waals surface area contributed by atoms with Crippen LogP contribution < -0.4 is 15.4 Å². The van der Waals surface area contributed by atoms with E-state index in [2.05, 4.69) is 15.7 Å². The molecule has 1 aliphatic heterocycles. The molecule has 1 atom stereocenters. The van der Waals surface area contributed by atoms with Crippen molar-refractivity contribution in [2.75, 3.05) is 17.2 Å². The minimum Gasteiger partial charge on any atom is -0.494 e. The molecule has 0 bridgehead atoms. The number of aromatic nitrogens is 2. The van der Waals surface area contributed by atoms with Crippen molar-refractivity contribution in [3.05, 3.63) is 82.1 Å². The van der Waals surface area contributed by atoms with Crippen molar-refractivity contribution in [2.45, 2.75) is 32.2 Å². The van der Waals surface area contributed by atoms with E-state index in [9.17, 15) is 9.59 Å². The lowest BCUT2D eigenvalue weighted by Crippen LogP contribution is -2.32. The zero-order valence-corrected chi connectivity index (χ0v) is 18.9. The number of amides is 1. The van der Waals surface area contributed by atoms with Crippen LogP contribution in [0.1, 0.15) is 48.1 Å². The van der Waals surface area contributed by atoms with Gasteiger partial charge in [0.15, 0.2) is 5.78 Å². The number of halogens is 1. The molecule has 2 N–H and O–H groups in total. The van der Waals surface area contributed by atoms with Gasteiger partial charge in [-0.3, -0.25) is 9.59 Å². The van der Waals surface area contributed by atoms with E-state index >= 15 is 0 Å². The fraction of sp³-hybridized carbons (Fsp3) is 0.240. The smallest absolute Gasteiger partial charge is 0.261 e. The van der Waals surface area contributed by atoms with Gasteiger partial charge in [0.25, 0.3) is 5.91 Å². The third-order valence-electron chi connectivity index (χ3n) is 5.87. The standard InChI is InChI=1S/C25H23ClN4O3/c1-2-33-18-11-9-17(10-12-18)28-25(32)19-14-27-30-23(15-5-3-6-16(26)13-15)22-20(29-24(19)30)7-4-8-21(22)31/h3,5-6,9-14,23,29H,2,4,7-8H2,1H3,(H,28,32)/t23-/m1/s1. The van der Waals surface area contributed by atoms with Gasteiger partial charge in [0.05, 0.1) is 12.8 Å². The number of allylic oxidation sites excluding steroid dienone is 2. The molecule has 8 heteroatoms. The molecule has 2 heterocycles. The highest BCUT2D eigenvalue weighted by atomic mass is 35.5. The van der Waals surface area contributed by atoms with Crippen LogP contribution in [0.5, 0.6) is 5.75 Å². The van der Waals surface area contributed by atoms with Gasteiger partial charge >= 0.3 is 0 Å². The Morgan fingerprint density at radius 2 is 2.06 bits per heavy atom. The SMILES string of the molecule is CCOc1ccc(NC(=O)c2cnn3c2NC2=C(C(=O)CCC2)[C@H]3c2cccc(Cl)c2)cc1. The molecule has 0 saturated heterocycles. The Labute approximate surface area is 196 Å². The minimum atomic E-state index is -0.435. The highest BCUT2D eigenvalue weighted by Crippen LogP contribution is 2.42. The quantitative estimate of drug-likeness (QED) is 0.543. The Morgan fingerprint density at radius 3 is 2.82 bits per heavy atom. The molecule has 168 valence electrons. The Morgan fingerprint density at radius 1 is 1.24 bits per heavy atom. The summed E-state index contributed by atoms with van der Waals surface area (Å²) in [5, 5.41) is 11.3. The van der Waals surface area contributed by atoms with Crippen LogP contribution in [0.25, 0.3) is 0 Å². The molecule has 0 spiro atoms. The lowest BCUT2D eigenvalue weighted by atomic mass is 9.85. The molecule has 1 amide bonds. The zero-order chi connectivity index (χ0) is 22.9. The number of nitrogens with one attached hydrogen (secondary N) is 2. The minimum absolute atomic E-state index is 0.0928. The average molecular weight is 463 g/mol. The molecular weight excluding hydrogens is 440 g/mol. The summed E-state index contributed by atoms with van der Waals surface area (Å²) in [5.41, 5.74) is 3.45. The van der Waals surface area contributed by atoms with Gasteiger partial charge in [0, 0.05) is 28.4 Å². The highest BCUT2D eigenvalue weighted by molar-refractivity contribution is 6.30. The monoisotopic (exact) mass is 462 g/mol. The Hall–Kier alpha value is -3.58. The van der Waals surface area contributed by atoms with Gasteiger partial charge in [-0.05, 0) is 61.7 Å². The normalized spacial score (nSPS) is 17.2. The van der Waals surface area contributed by atoms with Crippen LogP contribution in [0, 0.1) is 0 Å². The molecule has 5 rings (SSSR count). The molecule has 3 aromatic rings. The number of anilines is 2. The zero-order valence-electron chi connectivity index (χ0n) is 18.1. The fourth-order valence-electron chi connectivity index (χ4n) is 4.41. The summed E-state index contributed by atoms with van der Waals surface area (Å²) < 4.78 is 7.16. The summed E-state index contributed by atoms with van der Waals surface area (Å²) in [6.07, 6.45) is 3.55. The number of carbonyl (C=O) groups excluding carboxylic acids is 2. The van der Waals surface area contributed by atoms with Gasteiger partial charge in [-0.15, -0.1) is 0 Å². The van der Waals surface area contributed by atoms with Crippen LogP contribution in [-0.2, 0) is 4.79 Å². The first-order chi connectivity index (χ1) is 16.0. The second-order valence-electron chi connectivity index (χ2n) is 8.01. The molecule has 2 aliphatic rings. The first-order valence-corrected chi connectivity index (χ1v) is 11.3. The van der Waals surface area contributed by atoms with Crippen LogP contribution in [0.4, 0.5) is 11.5 Å². The number of carbonyl (C=O) groups is 2. The molecule has 2 aromatic carbocycles. The van der Waals surface area contributed by atoms with E-state index in [1.807, 2.05) is 37.3 Å². The highest BCUT2D eigenvalue weighted by Gasteiger charge is 2.37. The van der Waals surface area contributed by atoms with E-state index in [0.29, 0.717) is 40.7 Å². The summed E-state index contributed by atoms with van der Waals surface area (Å²) in [6, 6.07) is 14.2. The summed E-state index contributed by atoms with van der Waals surface area (Å²) in [4.78, 5) is 26.0. The number of fused-ring (bicyclic) bond motifs is 1. The number of rotatable bonds is 5. The van der Waals surface area contributed by atoms with E-state index in [1.54, 1.807) is 22.9 Å². The summed E-state index contributed by atoms with van der Waals surface area (Å²) in [7, 11) is 0. The van der Waals surface area contributed by atoms with Gasteiger partial charge < -0.3 is 15.4 Å². The molecule has 1 aromatic heterocycles. The van der Waals surface area contributed by atoms with Crippen molar-refractivity contribution in [3.63, 3.8) is 0 Å². The van der Waals surface area contributed by atoms with Crippen molar-refractivity contribution in [2.24, 2.45) is 0 Å². The maximum atomic E-state index is 13.1. The topological polar surface area (TPSA) is 85.2 Å². The maximum absolute atomic E-state index is 13.1. The van der Waals surface area contributed by atoms with Crippen molar-refractivity contribution >= 4 is 34.8 Å². The number of hydrogen-bond donors (Lipinski definition) is 2. The summed E-state index contributed by atoms with van der Waals surface area (Å²) in [5.74, 6) is 1.11. The first kappa shape index (κ1) is 21.3. The van der Waals surface area contributed by atoms with Crippen molar-refractivity contribution in [1.29, 1.82) is 0 Å². The molecule has 33 heavy (non-hydrogen) atoms. The van der Waals surface area contributed by atoms with Crippen molar-refractivity contribution in [3.8, 4) is 5.75 Å². The van der Waals surface area contributed by atoms with Gasteiger partial charge in [0.2, 0.25) is 0 Å². The van der Waals surface area contributed by atoms with E-state index in [-0.39, 0.29) is 11.7 Å². The Balaban J connectivity index is 1.51. The molecule has 0 unspecified atom stereocenters. The van der Waals surface area contributed by atoms with E-state index in [0.717, 1.165) is 29.9 Å². The van der Waals surface area contributed by atoms with Gasteiger partial charge in [0.1, 0.15) is 23.2 Å². The molecule has 7 nitrogen and oxygen atoms in total. The number of nitrogens with zero attached hydrogens (tertiary/aromatic N) is 2. The number of Topliss-reactive ketones (excluding diaryl/α,β-unsaturated/α-hetero) is 1. The number of ether oxygens (including phenoxy) is 1. The number of hydrogen-bond acceptors (Lipinski definition) is 5. The lowest BCUT2D eigenvalue weighted by molar-refractivity contribution is -0.116. The average Bonchev–Trinajstić information content (AvgIpc) is 3.23. The van der Waals surface area contributed by atoms with E-state index in [4.69, 9.17) is 16.3 Å². The molecule has 0 fully saturated rings. The van der Waals surface area contributed by atoms with Crippen LogP contribution >= 0.6 is 11.6 Å². The predicted molar refractivity (Wildman–Crippen MR) is 127 cm³/mol. The van der Waals surface area contributed by atoms with Crippen LogP contribution in [0.2, 0.25) is 5.02 Å². The molecule has 0 saturated carbocycles. The van der Waals surface area contributed by atoms with Gasteiger partial charge in [-0.2, -0.15) is 5.10 Å². The molecular formula is C25H23ClN4O3. The van der Waals surface area contributed by atoms with E-state index in [1.165, 1.54) is 6.20 Å². The molecule has 1 aliphatic carbocycles. The lowest BCUT2D eigenvalue weighted by Gasteiger charge is -2.33. The van der Waals surface area contributed by atoms with Crippen LogP contribution in [0.15, 0.2) is 66.0 Å². The predicted octanol–water partition coefficient (Wildman–Crippen LogP) is 5.21. The van der Waals surface area contributed by atoms with Crippen LogP contribution in [0.3, 0.4) is 0 Å². The van der Waals surface area contributed by atoms with Gasteiger partial charge in [-0.25, -0.2) is 4.68 Å². The maximum Gasteiger partial charge on any atom is 0.261 e. The summed E-state index contributed by atoms with van der Waals surface area (Å²) >= 11 is 6.26. The second-order valence-corrected chi connectivity index (χ2v) is 8.45. The Kier molecular flexibility index (Phi) is 5.64. The second kappa shape index (κ2) is 8.75.